The Bertz CT molecular complexity index is 767. The molecule has 25 heavy (non-hydrogen) atoms. The quantitative estimate of drug-likeness (QED) is 0.646. The highest BCUT2D eigenvalue weighted by atomic mass is 32.2. The molecule has 1 N–H and O–H groups in total. The van der Waals surface area contributed by atoms with Crippen molar-refractivity contribution in [3.05, 3.63) is 36.4 Å². The van der Waals surface area contributed by atoms with Crippen LogP contribution in [0.2, 0.25) is 0 Å². The van der Waals surface area contributed by atoms with Gasteiger partial charge in [-0.1, -0.05) is 30.3 Å². The molecule has 3 nitrogen and oxygen atoms in total. The van der Waals surface area contributed by atoms with Crippen LogP contribution in [0.3, 0.4) is 0 Å². The number of benzene rings is 2. The Morgan fingerprint density at radius 1 is 0.880 bits per heavy atom. The topological polar surface area (TPSA) is 30.5 Å². The van der Waals surface area contributed by atoms with Crippen LogP contribution in [0.25, 0.3) is 10.8 Å². The van der Waals surface area contributed by atoms with Gasteiger partial charge in [0.2, 0.25) is 0 Å². The van der Waals surface area contributed by atoms with E-state index in [2.05, 4.69) is 89.6 Å². The largest absolute Gasteiger partial charge is 0.495 e. The van der Waals surface area contributed by atoms with Crippen LogP contribution in [0.4, 0.5) is 0 Å². The monoisotopic (exact) mass is 357 g/mol. The first-order valence-corrected chi connectivity index (χ1v) is 9.63. The summed E-state index contributed by atoms with van der Waals surface area (Å²) in [6, 6.07) is 12.8. The van der Waals surface area contributed by atoms with Crippen LogP contribution in [0, 0.1) is 0 Å². The second-order valence-electron chi connectivity index (χ2n) is 8.74. The molecular formula is C20H28BNO2S. The van der Waals surface area contributed by atoms with Gasteiger partial charge in [-0.3, -0.25) is 4.72 Å². The van der Waals surface area contributed by atoms with E-state index in [0.29, 0.717) is 0 Å². The van der Waals surface area contributed by atoms with E-state index in [-0.39, 0.29) is 23.9 Å². The van der Waals surface area contributed by atoms with Crippen molar-refractivity contribution in [2.45, 2.75) is 70.1 Å². The summed E-state index contributed by atoms with van der Waals surface area (Å²) in [6.45, 7) is 14.9. The molecule has 1 heterocycles. The van der Waals surface area contributed by atoms with Crippen LogP contribution >= 0.6 is 11.9 Å². The minimum Gasteiger partial charge on any atom is -0.399 e. The van der Waals surface area contributed by atoms with Gasteiger partial charge in [-0.05, 0) is 82.7 Å². The van der Waals surface area contributed by atoms with Crippen molar-refractivity contribution < 1.29 is 9.31 Å². The van der Waals surface area contributed by atoms with E-state index in [1.54, 1.807) is 11.9 Å². The molecule has 0 bridgehead atoms. The average molecular weight is 357 g/mol. The van der Waals surface area contributed by atoms with Crippen LogP contribution in [-0.4, -0.2) is 23.9 Å². The van der Waals surface area contributed by atoms with Crippen molar-refractivity contribution in [2.75, 3.05) is 0 Å². The van der Waals surface area contributed by atoms with Crippen LogP contribution in [0.15, 0.2) is 41.3 Å². The molecule has 134 valence electrons. The summed E-state index contributed by atoms with van der Waals surface area (Å²) in [4.78, 5) is 1.21. The lowest BCUT2D eigenvalue weighted by Gasteiger charge is -2.32. The second-order valence-corrected chi connectivity index (χ2v) is 9.59. The molecule has 1 fully saturated rings. The summed E-state index contributed by atoms with van der Waals surface area (Å²) in [5, 5.41) is 2.40. The molecular weight excluding hydrogens is 329 g/mol. The number of nitrogens with one attached hydrogen (secondary N) is 1. The standard InChI is InChI=1S/C20H28BNO2S/c1-18(2,3)22-25-17-13-12-16(14-10-8-9-11-15(14)17)21-23-19(4,5)20(6,7)24-21/h8-13,22H,1-7H3. The van der Waals surface area contributed by atoms with Gasteiger partial charge in [-0.25, -0.2) is 0 Å². The Morgan fingerprint density at radius 2 is 1.44 bits per heavy atom. The van der Waals surface area contributed by atoms with Crippen molar-refractivity contribution in [1.82, 2.24) is 4.72 Å². The van der Waals surface area contributed by atoms with Gasteiger partial charge < -0.3 is 9.31 Å². The maximum atomic E-state index is 6.27. The van der Waals surface area contributed by atoms with Gasteiger partial charge in [0.1, 0.15) is 0 Å². The number of rotatable bonds is 3. The van der Waals surface area contributed by atoms with Crippen molar-refractivity contribution in [3.8, 4) is 0 Å². The predicted octanol–water partition coefficient (Wildman–Crippen LogP) is 4.53. The smallest absolute Gasteiger partial charge is 0.399 e. The summed E-state index contributed by atoms with van der Waals surface area (Å²) < 4.78 is 16.0. The highest BCUT2D eigenvalue weighted by molar-refractivity contribution is 7.97. The summed E-state index contributed by atoms with van der Waals surface area (Å²) in [7, 11) is -0.343. The first-order chi connectivity index (χ1) is 11.5. The molecule has 0 radical (unpaired) electrons. The van der Waals surface area contributed by atoms with E-state index in [9.17, 15) is 0 Å². The van der Waals surface area contributed by atoms with Gasteiger partial charge in [0, 0.05) is 10.4 Å². The maximum absolute atomic E-state index is 6.27. The molecule has 0 aromatic heterocycles. The SMILES string of the molecule is CC(C)(C)NSc1ccc(B2OC(C)(C)C(C)(C)O2)c2ccccc12. The zero-order valence-corrected chi connectivity index (χ0v) is 17.1. The fourth-order valence-corrected chi connectivity index (χ4v) is 3.61. The van der Waals surface area contributed by atoms with Crippen LogP contribution in [-0.2, 0) is 9.31 Å². The van der Waals surface area contributed by atoms with E-state index in [1.165, 1.54) is 15.7 Å². The first kappa shape index (κ1) is 18.8. The summed E-state index contributed by atoms with van der Waals surface area (Å²) in [5.74, 6) is 0. The zero-order chi connectivity index (χ0) is 18.5. The summed E-state index contributed by atoms with van der Waals surface area (Å²) >= 11 is 1.68. The van der Waals surface area contributed by atoms with Gasteiger partial charge in [0.05, 0.1) is 11.2 Å². The first-order valence-electron chi connectivity index (χ1n) is 8.81. The summed E-state index contributed by atoms with van der Waals surface area (Å²) in [6.07, 6.45) is 0. The number of fused-ring (bicyclic) bond motifs is 1. The van der Waals surface area contributed by atoms with Crippen LogP contribution in [0.5, 0.6) is 0 Å². The molecule has 0 amide bonds. The molecule has 1 saturated heterocycles. The Hall–Kier alpha value is -1.01. The van der Waals surface area contributed by atoms with Gasteiger partial charge in [0.15, 0.2) is 0 Å². The van der Waals surface area contributed by atoms with E-state index < -0.39 is 0 Å². The molecule has 0 atom stereocenters. The maximum Gasteiger partial charge on any atom is 0.495 e. The molecule has 0 spiro atoms. The average Bonchev–Trinajstić information content (AvgIpc) is 2.72. The molecule has 2 aromatic rings. The lowest BCUT2D eigenvalue weighted by Crippen LogP contribution is -2.41. The van der Waals surface area contributed by atoms with E-state index in [4.69, 9.17) is 9.31 Å². The van der Waals surface area contributed by atoms with Crippen LogP contribution < -0.4 is 10.2 Å². The number of hydrogen-bond donors (Lipinski definition) is 1. The normalized spacial score (nSPS) is 19.6. The third kappa shape index (κ3) is 3.75. The molecule has 3 rings (SSSR count). The van der Waals surface area contributed by atoms with Crippen molar-refractivity contribution in [2.24, 2.45) is 0 Å². The van der Waals surface area contributed by atoms with E-state index in [0.717, 1.165) is 5.46 Å². The second kappa shape index (κ2) is 6.31. The van der Waals surface area contributed by atoms with Gasteiger partial charge in [-0.15, -0.1) is 0 Å². The molecule has 2 aromatic carbocycles. The Kier molecular flexibility index (Phi) is 4.74. The highest BCUT2D eigenvalue weighted by Crippen LogP contribution is 2.37. The van der Waals surface area contributed by atoms with E-state index in [1.807, 2.05) is 0 Å². The Labute approximate surface area is 156 Å². The van der Waals surface area contributed by atoms with Gasteiger partial charge >= 0.3 is 7.12 Å². The predicted molar refractivity (Wildman–Crippen MR) is 108 cm³/mol. The Balaban J connectivity index is 1.99. The minimum absolute atomic E-state index is 0.0518. The van der Waals surface area contributed by atoms with Crippen molar-refractivity contribution >= 4 is 35.3 Å². The lowest BCUT2D eigenvalue weighted by molar-refractivity contribution is 0.00578. The third-order valence-corrected chi connectivity index (χ3v) is 6.18. The highest BCUT2D eigenvalue weighted by Gasteiger charge is 2.52. The molecule has 0 saturated carbocycles. The van der Waals surface area contributed by atoms with Crippen molar-refractivity contribution in [3.63, 3.8) is 0 Å². The van der Waals surface area contributed by atoms with Gasteiger partial charge in [-0.2, -0.15) is 0 Å². The molecule has 0 unspecified atom stereocenters. The molecule has 5 heteroatoms. The van der Waals surface area contributed by atoms with E-state index >= 15 is 0 Å². The number of hydrogen-bond acceptors (Lipinski definition) is 4. The molecule has 0 aliphatic carbocycles. The summed E-state index contributed by atoms with van der Waals surface area (Å²) in [5.41, 5.74) is 0.477. The van der Waals surface area contributed by atoms with Crippen LogP contribution in [0.1, 0.15) is 48.5 Å². The zero-order valence-electron chi connectivity index (χ0n) is 16.3. The lowest BCUT2D eigenvalue weighted by atomic mass is 9.76. The fourth-order valence-electron chi connectivity index (χ4n) is 2.77. The van der Waals surface area contributed by atoms with Crippen molar-refractivity contribution in [1.29, 1.82) is 0 Å². The fraction of sp³-hybridized carbons (Fsp3) is 0.500. The molecule has 1 aliphatic rings. The molecule has 1 aliphatic heterocycles. The third-order valence-electron chi connectivity index (χ3n) is 4.89. The Morgan fingerprint density at radius 3 is 2.00 bits per heavy atom. The minimum atomic E-state index is -0.343. The van der Waals surface area contributed by atoms with Gasteiger partial charge in [0.25, 0.3) is 0 Å².